The molecule has 3 unspecified atom stereocenters. The maximum atomic E-state index is 12.5. The highest BCUT2D eigenvalue weighted by atomic mass is 32.2. The Hall–Kier alpha value is -2.29. The van der Waals surface area contributed by atoms with Crippen molar-refractivity contribution in [2.24, 2.45) is 22.4 Å². The van der Waals surface area contributed by atoms with Gasteiger partial charge in [-0.1, -0.05) is 59.5 Å². The molecule has 2 aliphatic rings. The lowest BCUT2D eigenvalue weighted by Gasteiger charge is -2.34. The Bertz CT molecular complexity index is 922. The van der Waals surface area contributed by atoms with Crippen LogP contribution in [-0.2, 0) is 24.0 Å². The van der Waals surface area contributed by atoms with E-state index >= 15 is 0 Å². The maximum Gasteiger partial charge on any atom is 0.317 e. The van der Waals surface area contributed by atoms with Crippen LogP contribution in [0.3, 0.4) is 0 Å². The highest BCUT2D eigenvalue weighted by Gasteiger charge is 2.43. The molecule has 8 nitrogen and oxygen atoms in total. The minimum absolute atomic E-state index is 0.00866. The molecule has 9 heteroatoms. The van der Waals surface area contributed by atoms with Crippen LogP contribution in [0.2, 0.25) is 0 Å². The van der Waals surface area contributed by atoms with Crippen LogP contribution in [0.4, 0.5) is 0 Å². The maximum absolute atomic E-state index is 12.5. The summed E-state index contributed by atoms with van der Waals surface area (Å²) in [5.74, 6) is 0.0346. The lowest BCUT2D eigenvalue weighted by molar-refractivity contribution is -0.153. The number of allylic oxidation sites excluding steroid dienone is 3. The molecule has 2 N–H and O–H groups in total. The minimum Gasteiger partial charge on any atom is -0.511 e. The van der Waals surface area contributed by atoms with Gasteiger partial charge in [0.15, 0.2) is 11.6 Å². The predicted octanol–water partition coefficient (Wildman–Crippen LogP) is 6.89. The van der Waals surface area contributed by atoms with Gasteiger partial charge in [0.2, 0.25) is 0 Å². The monoisotopic (exact) mass is 567 g/mol. The van der Waals surface area contributed by atoms with E-state index in [1.54, 1.807) is 13.8 Å². The molecule has 0 aromatic carbocycles. The summed E-state index contributed by atoms with van der Waals surface area (Å²) in [7, 11) is 0. The molecule has 0 bridgehead atoms. The number of rotatable bonds is 13. The number of oxime groups is 1. The fraction of sp³-hybridized carbons (Fsp3) is 0.733. The van der Waals surface area contributed by atoms with Crippen molar-refractivity contribution >= 4 is 35.0 Å². The summed E-state index contributed by atoms with van der Waals surface area (Å²) in [6.45, 7) is 14.6. The third-order valence-corrected chi connectivity index (χ3v) is 7.81. The number of hydrogen-bond donors (Lipinski definition) is 2. The number of hydrogen-bond acceptors (Lipinski definition) is 9. The van der Waals surface area contributed by atoms with Gasteiger partial charge >= 0.3 is 5.97 Å². The van der Waals surface area contributed by atoms with Gasteiger partial charge in [0, 0.05) is 30.6 Å². The first-order valence-electron chi connectivity index (χ1n) is 14.3. The van der Waals surface area contributed by atoms with Crippen molar-refractivity contribution in [1.29, 1.82) is 0 Å². The molecule has 222 valence electrons. The summed E-state index contributed by atoms with van der Waals surface area (Å²) in [5.41, 5.74) is 0.419. The SMILES string of the molecule is CCCC(=NOCC)C1=C(O)CC(CC(C)SCC)CC1=O.CCCCOC(=O)C1C(O)=CC(=O)CC1(C)C. The van der Waals surface area contributed by atoms with Gasteiger partial charge in [-0.15, -0.1) is 0 Å². The van der Waals surface area contributed by atoms with E-state index in [-0.39, 0.29) is 35.4 Å². The van der Waals surface area contributed by atoms with Crippen molar-refractivity contribution < 1.29 is 34.2 Å². The van der Waals surface area contributed by atoms with Gasteiger partial charge in [0.25, 0.3) is 0 Å². The van der Waals surface area contributed by atoms with Crippen LogP contribution in [-0.4, -0.2) is 57.7 Å². The van der Waals surface area contributed by atoms with Gasteiger partial charge in [-0.25, -0.2) is 0 Å². The number of aliphatic hydroxyl groups excluding tert-OH is 2. The molecular weight excluding hydrogens is 518 g/mol. The minimum atomic E-state index is -0.725. The molecule has 0 fully saturated rings. The number of thioether (sulfide) groups is 1. The van der Waals surface area contributed by atoms with E-state index in [9.17, 15) is 24.6 Å². The van der Waals surface area contributed by atoms with Gasteiger partial charge in [-0.05, 0) is 43.3 Å². The molecule has 0 aliphatic heterocycles. The van der Waals surface area contributed by atoms with Crippen LogP contribution in [0.25, 0.3) is 0 Å². The van der Waals surface area contributed by atoms with Gasteiger partial charge in [0.05, 0.1) is 17.9 Å². The van der Waals surface area contributed by atoms with Crippen molar-refractivity contribution in [2.75, 3.05) is 19.0 Å². The van der Waals surface area contributed by atoms with Gasteiger partial charge in [-0.3, -0.25) is 14.4 Å². The van der Waals surface area contributed by atoms with Gasteiger partial charge in [-0.2, -0.15) is 11.8 Å². The van der Waals surface area contributed by atoms with Crippen molar-refractivity contribution in [3.05, 3.63) is 23.2 Å². The normalized spacial score (nSPS) is 22.0. The molecular formula is C30H49NO7S. The standard InChI is InChI=1S/C17H29NO3S.C13H20O4/c1-5-8-14(18-21-6-2)17-15(19)10-13(11-16(17)20)9-12(4)22-7-3;1-4-5-6-17-12(16)11-10(15)7-9(14)8-13(11,2)3/h12-13,19H,5-11H2,1-4H3;7,11,15H,4-6,8H2,1-3H3. The van der Waals surface area contributed by atoms with Crippen LogP contribution in [0, 0.1) is 17.3 Å². The lowest BCUT2D eigenvalue weighted by Crippen LogP contribution is -2.38. The Kier molecular flexibility index (Phi) is 15.5. The third-order valence-electron chi connectivity index (χ3n) is 6.71. The smallest absolute Gasteiger partial charge is 0.317 e. The number of esters is 1. The second kappa shape index (κ2) is 17.4. The average Bonchev–Trinajstić information content (AvgIpc) is 2.81. The number of carbonyl (C=O) groups excluding carboxylic acids is 3. The van der Waals surface area contributed by atoms with Gasteiger partial charge in [0.1, 0.15) is 24.0 Å². The van der Waals surface area contributed by atoms with Crippen molar-refractivity contribution in [1.82, 2.24) is 0 Å². The number of carbonyl (C=O) groups is 3. The number of aliphatic hydroxyl groups is 2. The zero-order valence-corrected chi connectivity index (χ0v) is 25.7. The van der Waals surface area contributed by atoms with Crippen LogP contribution in [0.5, 0.6) is 0 Å². The Morgan fingerprint density at radius 3 is 2.38 bits per heavy atom. The van der Waals surface area contributed by atoms with Crippen molar-refractivity contribution in [3.63, 3.8) is 0 Å². The van der Waals surface area contributed by atoms with E-state index in [0.717, 1.165) is 37.5 Å². The second-order valence-electron chi connectivity index (χ2n) is 10.9. The summed E-state index contributed by atoms with van der Waals surface area (Å²) in [5, 5.41) is 24.7. The number of unbranched alkanes of at least 4 members (excludes halogenated alkanes) is 1. The number of Topliss-reactive ketones (excluding diaryl/α,β-unsaturated/α-hetero) is 1. The van der Waals surface area contributed by atoms with Crippen LogP contribution in [0.1, 0.15) is 99.8 Å². The molecule has 2 aliphatic carbocycles. The quantitative estimate of drug-likeness (QED) is 0.107. The van der Waals surface area contributed by atoms with E-state index in [1.165, 1.54) is 0 Å². The Balaban J connectivity index is 0.000000403. The summed E-state index contributed by atoms with van der Waals surface area (Å²) < 4.78 is 5.11. The Labute approximate surface area is 238 Å². The first-order chi connectivity index (χ1) is 18.4. The Morgan fingerprint density at radius 2 is 1.85 bits per heavy atom. The summed E-state index contributed by atoms with van der Waals surface area (Å²) in [6.07, 6.45) is 6.70. The highest BCUT2D eigenvalue weighted by molar-refractivity contribution is 7.99. The fourth-order valence-corrected chi connectivity index (χ4v) is 5.95. The van der Waals surface area contributed by atoms with Crippen LogP contribution in [0.15, 0.2) is 28.3 Å². The molecule has 3 atom stereocenters. The van der Waals surface area contributed by atoms with E-state index in [0.29, 0.717) is 49.0 Å². The summed E-state index contributed by atoms with van der Waals surface area (Å²) in [4.78, 5) is 40.8. The molecule has 2 rings (SSSR count). The molecule has 0 saturated carbocycles. The average molecular weight is 568 g/mol. The van der Waals surface area contributed by atoms with Crippen LogP contribution >= 0.6 is 11.8 Å². The molecule has 0 aromatic heterocycles. The van der Waals surface area contributed by atoms with Crippen molar-refractivity contribution in [3.8, 4) is 0 Å². The predicted molar refractivity (Wildman–Crippen MR) is 157 cm³/mol. The highest BCUT2D eigenvalue weighted by Crippen LogP contribution is 2.39. The van der Waals surface area contributed by atoms with E-state index < -0.39 is 17.3 Å². The number of ketones is 2. The third kappa shape index (κ3) is 11.4. The summed E-state index contributed by atoms with van der Waals surface area (Å²) >= 11 is 1.90. The van der Waals surface area contributed by atoms with Crippen LogP contribution < -0.4 is 0 Å². The van der Waals surface area contributed by atoms with Gasteiger partial charge < -0.3 is 19.8 Å². The first kappa shape index (κ1) is 34.7. The van der Waals surface area contributed by atoms with E-state index in [1.807, 2.05) is 32.5 Å². The number of ether oxygens (including phenoxy) is 1. The lowest BCUT2D eigenvalue weighted by atomic mass is 9.71. The first-order valence-corrected chi connectivity index (χ1v) is 15.3. The molecule has 0 heterocycles. The molecule has 0 aromatic rings. The van der Waals surface area contributed by atoms with E-state index in [4.69, 9.17) is 9.57 Å². The molecule has 0 radical (unpaired) electrons. The molecule has 0 spiro atoms. The largest absolute Gasteiger partial charge is 0.511 e. The molecule has 0 amide bonds. The second-order valence-corrected chi connectivity index (χ2v) is 12.6. The van der Waals surface area contributed by atoms with Crippen molar-refractivity contribution in [2.45, 2.75) is 105 Å². The zero-order valence-electron chi connectivity index (χ0n) is 24.9. The Morgan fingerprint density at radius 1 is 1.15 bits per heavy atom. The molecule has 0 saturated heterocycles. The fourth-order valence-electron chi connectivity index (χ4n) is 4.98. The van der Waals surface area contributed by atoms with E-state index in [2.05, 4.69) is 19.0 Å². The summed E-state index contributed by atoms with van der Waals surface area (Å²) in [6, 6.07) is 0. The zero-order chi connectivity index (χ0) is 29.6. The molecule has 39 heavy (non-hydrogen) atoms. The topological polar surface area (TPSA) is 122 Å². The number of nitrogens with zero attached hydrogens (tertiary/aromatic N) is 1.